The summed E-state index contributed by atoms with van der Waals surface area (Å²) in [5.41, 5.74) is 0.346. The predicted molar refractivity (Wildman–Crippen MR) is 103 cm³/mol. The number of nitrogens with zero attached hydrogens (tertiary/aromatic N) is 1. The van der Waals surface area contributed by atoms with Gasteiger partial charge in [0.15, 0.2) is 0 Å². The van der Waals surface area contributed by atoms with Crippen molar-refractivity contribution in [1.29, 1.82) is 0 Å². The van der Waals surface area contributed by atoms with Gasteiger partial charge in [-0.1, -0.05) is 0 Å². The third-order valence-corrected chi connectivity index (χ3v) is 5.97. The number of hydrogen-bond donors (Lipinski definition) is 1. The summed E-state index contributed by atoms with van der Waals surface area (Å²) in [7, 11) is 0. The van der Waals surface area contributed by atoms with Gasteiger partial charge in [0, 0.05) is 29.7 Å². The number of likely N-dealkylation sites (tertiary alicyclic amines) is 1. The molecule has 2 amide bonds. The van der Waals surface area contributed by atoms with E-state index >= 15 is 0 Å². The maximum absolute atomic E-state index is 13.6. The fourth-order valence-electron chi connectivity index (χ4n) is 3.46. The second-order valence-corrected chi connectivity index (χ2v) is 9.26. The van der Waals surface area contributed by atoms with E-state index in [-0.39, 0.29) is 29.8 Å². The van der Waals surface area contributed by atoms with Gasteiger partial charge in [0.25, 0.3) is 0 Å². The zero-order valence-corrected chi connectivity index (χ0v) is 16.9. The average molecular weight is 395 g/mol. The second-order valence-electron chi connectivity index (χ2n) is 8.12. The highest BCUT2D eigenvalue weighted by Crippen LogP contribution is 2.36. The van der Waals surface area contributed by atoms with Gasteiger partial charge in [-0.3, -0.25) is 4.79 Å². The van der Waals surface area contributed by atoms with E-state index in [1.807, 2.05) is 20.8 Å². The van der Waals surface area contributed by atoms with Crippen LogP contribution in [0, 0.1) is 11.7 Å². The topological polar surface area (TPSA) is 58.6 Å². The Labute approximate surface area is 164 Å². The first-order valence-corrected chi connectivity index (χ1v) is 10.4. The Hall–Kier alpha value is -1.76. The Bertz CT molecular complexity index is 712. The van der Waals surface area contributed by atoms with Crippen molar-refractivity contribution in [2.75, 3.05) is 18.8 Å². The summed E-state index contributed by atoms with van der Waals surface area (Å²) in [6.45, 7) is 6.55. The van der Waals surface area contributed by atoms with Crippen LogP contribution < -0.4 is 5.32 Å². The lowest BCUT2D eigenvalue weighted by molar-refractivity contribution is -0.127. The highest BCUT2D eigenvalue weighted by Gasteiger charge is 2.31. The standard InChI is InChI=1S/C20H27FN2O3S/c1-20(2,3)26-19(25)23-9-6-13(7-10-23)18(24)22-16-8-11-27-17-5-4-14(21)12-15(16)17/h4-5,12-13,16H,6-11H2,1-3H3,(H,22,24). The number of carbonyl (C=O) groups excluding carboxylic acids is 2. The first-order chi connectivity index (χ1) is 12.7. The van der Waals surface area contributed by atoms with Gasteiger partial charge in [0.2, 0.25) is 5.91 Å². The van der Waals surface area contributed by atoms with Crippen molar-refractivity contribution in [3.63, 3.8) is 0 Å². The molecular weight excluding hydrogens is 367 g/mol. The molecule has 1 atom stereocenters. The van der Waals surface area contributed by atoms with Crippen LogP contribution in [0.1, 0.15) is 51.6 Å². The highest BCUT2D eigenvalue weighted by atomic mass is 32.2. The van der Waals surface area contributed by atoms with Crippen LogP contribution in [0.5, 0.6) is 0 Å². The van der Waals surface area contributed by atoms with E-state index < -0.39 is 5.60 Å². The molecular formula is C20H27FN2O3S. The molecule has 1 aromatic carbocycles. The molecule has 2 aliphatic heterocycles. The van der Waals surface area contributed by atoms with E-state index in [2.05, 4.69) is 5.32 Å². The number of carbonyl (C=O) groups is 2. The zero-order chi connectivity index (χ0) is 19.6. The summed E-state index contributed by atoms with van der Waals surface area (Å²) in [4.78, 5) is 27.6. The molecule has 1 unspecified atom stereocenters. The molecule has 0 radical (unpaired) electrons. The summed E-state index contributed by atoms with van der Waals surface area (Å²) < 4.78 is 19.0. The molecule has 0 spiro atoms. The monoisotopic (exact) mass is 394 g/mol. The van der Waals surface area contributed by atoms with Gasteiger partial charge in [-0.05, 0) is 63.8 Å². The van der Waals surface area contributed by atoms with Crippen LogP contribution in [0.2, 0.25) is 0 Å². The number of fused-ring (bicyclic) bond motifs is 1. The smallest absolute Gasteiger partial charge is 0.410 e. The van der Waals surface area contributed by atoms with Crippen molar-refractivity contribution < 1.29 is 18.7 Å². The molecule has 148 valence electrons. The zero-order valence-electron chi connectivity index (χ0n) is 16.1. The molecule has 1 N–H and O–H groups in total. The SMILES string of the molecule is CC(C)(C)OC(=O)N1CCC(C(=O)NC2CCSc3ccc(F)cc32)CC1. The van der Waals surface area contributed by atoms with Crippen LogP contribution >= 0.6 is 11.8 Å². The molecule has 7 heteroatoms. The lowest BCUT2D eigenvalue weighted by Crippen LogP contribution is -2.45. The maximum atomic E-state index is 13.6. The minimum Gasteiger partial charge on any atom is -0.444 e. The van der Waals surface area contributed by atoms with Gasteiger partial charge in [-0.2, -0.15) is 0 Å². The summed E-state index contributed by atoms with van der Waals surface area (Å²) in [6.07, 6.45) is 1.70. The summed E-state index contributed by atoms with van der Waals surface area (Å²) in [5.74, 6) is 0.489. The third kappa shape index (κ3) is 5.15. The van der Waals surface area contributed by atoms with Gasteiger partial charge in [0.05, 0.1) is 6.04 Å². The Kier molecular flexibility index (Phi) is 5.99. The number of thioether (sulfide) groups is 1. The van der Waals surface area contributed by atoms with E-state index in [1.54, 1.807) is 22.7 Å². The van der Waals surface area contributed by atoms with E-state index in [0.29, 0.717) is 25.9 Å². The van der Waals surface area contributed by atoms with Crippen molar-refractivity contribution >= 4 is 23.8 Å². The Morgan fingerprint density at radius 3 is 2.59 bits per heavy atom. The molecule has 0 aromatic heterocycles. The Balaban J connectivity index is 1.55. The Morgan fingerprint density at radius 1 is 1.22 bits per heavy atom. The molecule has 5 nitrogen and oxygen atoms in total. The first kappa shape index (κ1) is 20.0. The fourth-order valence-corrected chi connectivity index (χ4v) is 4.56. The molecule has 1 aromatic rings. The predicted octanol–water partition coefficient (Wildman–Crippen LogP) is 4.13. The van der Waals surface area contributed by atoms with E-state index in [4.69, 9.17) is 4.74 Å². The summed E-state index contributed by atoms with van der Waals surface area (Å²) >= 11 is 1.70. The van der Waals surface area contributed by atoms with E-state index in [0.717, 1.165) is 22.6 Å². The van der Waals surface area contributed by atoms with Crippen LogP contribution in [0.4, 0.5) is 9.18 Å². The number of rotatable bonds is 2. The van der Waals surface area contributed by atoms with E-state index in [9.17, 15) is 14.0 Å². The van der Waals surface area contributed by atoms with Gasteiger partial charge in [-0.15, -0.1) is 11.8 Å². The second kappa shape index (κ2) is 8.09. The number of piperidine rings is 1. The Morgan fingerprint density at radius 2 is 1.93 bits per heavy atom. The molecule has 0 bridgehead atoms. The van der Waals surface area contributed by atoms with Crippen molar-refractivity contribution in [3.05, 3.63) is 29.6 Å². The van der Waals surface area contributed by atoms with Crippen molar-refractivity contribution in [2.45, 2.75) is 56.6 Å². The van der Waals surface area contributed by atoms with Crippen LogP contribution in [0.15, 0.2) is 23.1 Å². The van der Waals surface area contributed by atoms with Crippen molar-refractivity contribution in [2.24, 2.45) is 5.92 Å². The average Bonchev–Trinajstić information content (AvgIpc) is 2.61. The number of benzene rings is 1. The minimum absolute atomic E-state index is 0.00838. The summed E-state index contributed by atoms with van der Waals surface area (Å²) in [5, 5.41) is 3.10. The van der Waals surface area contributed by atoms with Crippen LogP contribution in [-0.2, 0) is 9.53 Å². The quantitative estimate of drug-likeness (QED) is 0.820. The molecule has 1 fully saturated rings. The van der Waals surface area contributed by atoms with Gasteiger partial charge in [0.1, 0.15) is 11.4 Å². The third-order valence-electron chi connectivity index (χ3n) is 4.85. The highest BCUT2D eigenvalue weighted by molar-refractivity contribution is 7.99. The fraction of sp³-hybridized carbons (Fsp3) is 0.600. The van der Waals surface area contributed by atoms with Crippen LogP contribution in [0.25, 0.3) is 0 Å². The number of ether oxygens (including phenoxy) is 1. The van der Waals surface area contributed by atoms with Crippen LogP contribution in [0.3, 0.4) is 0 Å². The first-order valence-electron chi connectivity index (χ1n) is 9.43. The number of hydrogen-bond acceptors (Lipinski definition) is 4. The van der Waals surface area contributed by atoms with Gasteiger partial charge >= 0.3 is 6.09 Å². The molecule has 2 heterocycles. The molecule has 0 saturated carbocycles. The molecule has 3 rings (SSSR count). The number of nitrogens with one attached hydrogen (secondary N) is 1. The van der Waals surface area contributed by atoms with Crippen molar-refractivity contribution in [1.82, 2.24) is 10.2 Å². The van der Waals surface area contributed by atoms with Crippen molar-refractivity contribution in [3.8, 4) is 0 Å². The number of halogens is 1. The maximum Gasteiger partial charge on any atom is 0.410 e. The lowest BCUT2D eigenvalue weighted by Gasteiger charge is -2.34. The van der Waals surface area contributed by atoms with Crippen LogP contribution in [-0.4, -0.2) is 41.3 Å². The largest absolute Gasteiger partial charge is 0.444 e. The lowest BCUT2D eigenvalue weighted by atomic mass is 9.94. The number of amides is 2. The van der Waals surface area contributed by atoms with Gasteiger partial charge in [-0.25, -0.2) is 9.18 Å². The molecule has 1 saturated heterocycles. The molecule has 27 heavy (non-hydrogen) atoms. The van der Waals surface area contributed by atoms with E-state index in [1.165, 1.54) is 12.1 Å². The molecule has 0 aliphatic carbocycles. The molecule has 2 aliphatic rings. The summed E-state index contributed by atoms with van der Waals surface area (Å²) in [6, 6.07) is 4.63. The van der Waals surface area contributed by atoms with Gasteiger partial charge < -0.3 is 15.0 Å². The minimum atomic E-state index is -0.521. The normalized spacial score (nSPS) is 20.7.